The summed E-state index contributed by atoms with van der Waals surface area (Å²) in [5.41, 5.74) is 0.682. The van der Waals surface area contributed by atoms with Crippen molar-refractivity contribution in [1.29, 1.82) is 0 Å². The molecular formula is C22H22F2N2O4. The highest BCUT2D eigenvalue weighted by molar-refractivity contribution is 6.36. The van der Waals surface area contributed by atoms with E-state index in [1.807, 2.05) is 13.8 Å². The molecule has 0 bridgehead atoms. The Hall–Kier alpha value is -3.42. The van der Waals surface area contributed by atoms with Gasteiger partial charge in [0.25, 0.3) is 11.8 Å². The van der Waals surface area contributed by atoms with E-state index >= 15 is 0 Å². The van der Waals surface area contributed by atoms with Crippen molar-refractivity contribution in [2.24, 2.45) is 5.92 Å². The Morgan fingerprint density at radius 2 is 1.63 bits per heavy atom. The van der Waals surface area contributed by atoms with Crippen LogP contribution in [0.1, 0.15) is 19.4 Å². The minimum Gasteiger partial charge on any atom is -0.493 e. The molecule has 0 radical (unpaired) electrons. The Kier molecular flexibility index (Phi) is 6.05. The van der Waals surface area contributed by atoms with Crippen LogP contribution in [-0.4, -0.2) is 37.5 Å². The molecule has 0 unspecified atom stereocenters. The SMILES string of the molecule is COc1ccc(C2=C(Nc3ccc(F)c(F)c3)C(=O)N(CC(C)C)C2=O)cc1OC. The number of hydrogen-bond acceptors (Lipinski definition) is 5. The van der Waals surface area contributed by atoms with E-state index in [1.165, 1.54) is 20.3 Å². The molecule has 2 amide bonds. The Morgan fingerprint density at radius 1 is 0.933 bits per heavy atom. The van der Waals surface area contributed by atoms with Crippen molar-refractivity contribution >= 4 is 23.1 Å². The maximum Gasteiger partial charge on any atom is 0.278 e. The average molecular weight is 416 g/mol. The van der Waals surface area contributed by atoms with Gasteiger partial charge in [0.05, 0.1) is 19.8 Å². The molecule has 8 heteroatoms. The summed E-state index contributed by atoms with van der Waals surface area (Å²) in [5, 5.41) is 2.80. The lowest BCUT2D eigenvalue weighted by Crippen LogP contribution is -2.35. The number of carbonyl (C=O) groups is 2. The number of halogens is 2. The van der Waals surface area contributed by atoms with E-state index in [0.29, 0.717) is 17.1 Å². The number of anilines is 1. The van der Waals surface area contributed by atoms with Crippen molar-refractivity contribution in [3.05, 3.63) is 59.3 Å². The van der Waals surface area contributed by atoms with Crippen LogP contribution in [0.15, 0.2) is 42.1 Å². The largest absolute Gasteiger partial charge is 0.493 e. The fourth-order valence-corrected chi connectivity index (χ4v) is 3.20. The smallest absolute Gasteiger partial charge is 0.278 e. The minimum absolute atomic E-state index is 0.0149. The average Bonchev–Trinajstić information content (AvgIpc) is 2.94. The second-order valence-corrected chi connectivity index (χ2v) is 7.19. The summed E-state index contributed by atoms with van der Waals surface area (Å²) in [6, 6.07) is 8.01. The third-order valence-electron chi connectivity index (χ3n) is 4.58. The molecule has 3 rings (SSSR count). The van der Waals surface area contributed by atoms with Crippen molar-refractivity contribution < 1.29 is 27.8 Å². The number of methoxy groups -OCH3 is 2. The number of nitrogens with zero attached hydrogens (tertiary/aromatic N) is 1. The molecule has 1 N–H and O–H groups in total. The van der Waals surface area contributed by atoms with Gasteiger partial charge in [0.15, 0.2) is 23.1 Å². The van der Waals surface area contributed by atoms with Gasteiger partial charge in [0.2, 0.25) is 0 Å². The zero-order valence-corrected chi connectivity index (χ0v) is 17.1. The molecule has 0 atom stereocenters. The first kappa shape index (κ1) is 21.3. The van der Waals surface area contributed by atoms with E-state index in [2.05, 4.69) is 5.32 Å². The van der Waals surface area contributed by atoms with Gasteiger partial charge in [-0.05, 0) is 35.7 Å². The number of hydrogen-bond donors (Lipinski definition) is 1. The van der Waals surface area contributed by atoms with Gasteiger partial charge in [-0.25, -0.2) is 8.78 Å². The Bertz CT molecular complexity index is 1030. The monoisotopic (exact) mass is 416 g/mol. The fraction of sp³-hybridized carbons (Fsp3) is 0.273. The first-order valence-corrected chi connectivity index (χ1v) is 9.31. The molecule has 2 aromatic carbocycles. The third-order valence-corrected chi connectivity index (χ3v) is 4.58. The lowest BCUT2D eigenvalue weighted by molar-refractivity contribution is -0.137. The minimum atomic E-state index is -1.07. The van der Waals surface area contributed by atoms with Gasteiger partial charge >= 0.3 is 0 Å². The lowest BCUT2D eigenvalue weighted by atomic mass is 10.0. The number of benzene rings is 2. The molecule has 1 aliphatic rings. The van der Waals surface area contributed by atoms with E-state index in [0.717, 1.165) is 17.0 Å². The van der Waals surface area contributed by atoms with Crippen LogP contribution in [0.3, 0.4) is 0 Å². The zero-order chi connectivity index (χ0) is 22.0. The number of carbonyl (C=O) groups excluding carboxylic acids is 2. The quantitative estimate of drug-likeness (QED) is 0.695. The highest BCUT2D eigenvalue weighted by Crippen LogP contribution is 2.36. The molecule has 0 aliphatic carbocycles. The van der Waals surface area contributed by atoms with E-state index in [4.69, 9.17) is 9.47 Å². The molecule has 1 aliphatic heterocycles. The molecule has 2 aromatic rings. The van der Waals surface area contributed by atoms with Gasteiger partial charge in [0, 0.05) is 18.3 Å². The topological polar surface area (TPSA) is 67.9 Å². The van der Waals surface area contributed by atoms with E-state index in [1.54, 1.807) is 18.2 Å². The summed E-state index contributed by atoms with van der Waals surface area (Å²) in [7, 11) is 2.95. The number of imide groups is 1. The summed E-state index contributed by atoms with van der Waals surface area (Å²) >= 11 is 0. The van der Waals surface area contributed by atoms with Gasteiger partial charge in [-0.2, -0.15) is 0 Å². The molecule has 0 fully saturated rings. The molecule has 6 nitrogen and oxygen atoms in total. The summed E-state index contributed by atoms with van der Waals surface area (Å²) < 4.78 is 37.5. The maximum absolute atomic E-state index is 13.7. The first-order chi connectivity index (χ1) is 14.3. The van der Waals surface area contributed by atoms with Crippen LogP contribution in [0.25, 0.3) is 5.57 Å². The van der Waals surface area contributed by atoms with E-state index in [9.17, 15) is 18.4 Å². The predicted molar refractivity (Wildman–Crippen MR) is 108 cm³/mol. The Morgan fingerprint density at radius 3 is 2.23 bits per heavy atom. The van der Waals surface area contributed by atoms with Crippen LogP contribution < -0.4 is 14.8 Å². The van der Waals surface area contributed by atoms with Gasteiger partial charge in [0.1, 0.15) is 5.70 Å². The van der Waals surface area contributed by atoms with Gasteiger partial charge in [-0.3, -0.25) is 14.5 Å². The number of nitrogens with one attached hydrogen (secondary N) is 1. The summed E-state index contributed by atoms with van der Waals surface area (Å²) in [6.45, 7) is 3.99. The molecule has 0 aromatic heterocycles. The Labute approximate surface area is 173 Å². The summed E-state index contributed by atoms with van der Waals surface area (Å²) in [4.78, 5) is 27.3. The second kappa shape index (κ2) is 8.52. The van der Waals surface area contributed by atoms with Crippen LogP contribution in [0.5, 0.6) is 11.5 Å². The summed E-state index contributed by atoms with van der Waals surface area (Å²) in [5.74, 6) is -2.19. The molecule has 0 saturated carbocycles. The van der Waals surface area contributed by atoms with Crippen LogP contribution in [0, 0.1) is 17.6 Å². The van der Waals surface area contributed by atoms with Crippen molar-refractivity contribution in [2.45, 2.75) is 13.8 Å². The van der Waals surface area contributed by atoms with Crippen LogP contribution in [-0.2, 0) is 9.59 Å². The zero-order valence-electron chi connectivity index (χ0n) is 17.1. The maximum atomic E-state index is 13.7. The normalized spacial score (nSPS) is 14.0. The van der Waals surface area contributed by atoms with Crippen LogP contribution in [0.4, 0.5) is 14.5 Å². The summed E-state index contributed by atoms with van der Waals surface area (Å²) in [6.07, 6.45) is 0. The second-order valence-electron chi connectivity index (χ2n) is 7.19. The number of amides is 2. The number of rotatable bonds is 7. The van der Waals surface area contributed by atoms with Crippen molar-refractivity contribution in [3.8, 4) is 11.5 Å². The molecule has 1 heterocycles. The highest BCUT2D eigenvalue weighted by Gasteiger charge is 2.39. The van der Waals surface area contributed by atoms with Crippen molar-refractivity contribution in [1.82, 2.24) is 4.90 Å². The van der Waals surface area contributed by atoms with Gasteiger partial charge in [-0.1, -0.05) is 19.9 Å². The highest BCUT2D eigenvalue weighted by atomic mass is 19.2. The predicted octanol–water partition coefficient (Wildman–Crippen LogP) is 3.83. The van der Waals surface area contributed by atoms with Gasteiger partial charge < -0.3 is 14.8 Å². The van der Waals surface area contributed by atoms with E-state index < -0.39 is 23.4 Å². The van der Waals surface area contributed by atoms with Crippen LogP contribution >= 0.6 is 0 Å². The molecule has 30 heavy (non-hydrogen) atoms. The first-order valence-electron chi connectivity index (χ1n) is 9.31. The molecule has 0 saturated heterocycles. The molecular weight excluding hydrogens is 394 g/mol. The Balaban J connectivity index is 2.11. The standard InChI is InChI=1S/C22H22F2N2O4/c1-12(2)11-26-21(27)19(13-5-8-17(29-3)18(9-13)30-4)20(22(26)28)25-14-6-7-15(23)16(24)10-14/h5-10,12,25H,11H2,1-4H3. The van der Waals surface area contributed by atoms with E-state index in [-0.39, 0.29) is 29.4 Å². The van der Waals surface area contributed by atoms with Crippen molar-refractivity contribution in [3.63, 3.8) is 0 Å². The fourth-order valence-electron chi connectivity index (χ4n) is 3.20. The third kappa shape index (κ3) is 3.98. The van der Waals surface area contributed by atoms with Crippen LogP contribution in [0.2, 0.25) is 0 Å². The van der Waals surface area contributed by atoms with Gasteiger partial charge in [-0.15, -0.1) is 0 Å². The molecule has 158 valence electrons. The lowest BCUT2D eigenvalue weighted by Gasteiger charge is -2.17. The molecule has 0 spiro atoms. The van der Waals surface area contributed by atoms with Crippen molar-refractivity contribution in [2.75, 3.05) is 26.1 Å². The number of ether oxygens (including phenoxy) is 2.